The summed E-state index contributed by atoms with van der Waals surface area (Å²) >= 11 is 1.59. The van der Waals surface area contributed by atoms with E-state index in [1.165, 1.54) is 4.90 Å². The smallest absolute Gasteiger partial charge is 0.410 e. The third-order valence-electron chi connectivity index (χ3n) is 8.30. The molecule has 2 saturated heterocycles. The maximum atomic E-state index is 14.0. The van der Waals surface area contributed by atoms with Crippen LogP contribution < -0.4 is 10.2 Å². The van der Waals surface area contributed by atoms with Crippen molar-refractivity contribution in [3.8, 4) is 10.4 Å². The fraction of sp³-hybridized carbons (Fsp3) is 0.545. The van der Waals surface area contributed by atoms with Crippen molar-refractivity contribution in [2.24, 2.45) is 5.92 Å². The number of carbonyl (C=O) groups is 3. The van der Waals surface area contributed by atoms with E-state index >= 15 is 0 Å². The van der Waals surface area contributed by atoms with E-state index in [-0.39, 0.29) is 36.8 Å². The number of likely N-dealkylation sites (tertiary alicyclic amines) is 1. The molecule has 0 aliphatic carbocycles. The second-order valence-corrected chi connectivity index (χ2v) is 14.2. The predicted molar refractivity (Wildman–Crippen MR) is 174 cm³/mol. The van der Waals surface area contributed by atoms with E-state index in [0.717, 1.165) is 21.7 Å². The Morgan fingerprint density at radius 3 is 2.43 bits per heavy atom. The Morgan fingerprint density at radius 1 is 1.13 bits per heavy atom. The van der Waals surface area contributed by atoms with Gasteiger partial charge in [-0.1, -0.05) is 43.3 Å². The van der Waals surface area contributed by atoms with Crippen molar-refractivity contribution in [2.75, 3.05) is 37.6 Å². The largest absolute Gasteiger partial charge is 0.444 e. The third kappa shape index (κ3) is 7.69. The molecule has 12 nitrogen and oxygen atoms in total. The lowest BCUT2D eigenvalue weighted by molar-refractivity contribution is -0.141. The molecule has 2 fully saturated rings. The van der Waals surface area contributed by atoms with Gasteiger partial charge in [-0.05, 0) is 44.7 Å². The van der Waals surface area contributed by atoms with Gasteiger partial charge in [0, 0.05) is 51.8 Å². The van der Waals surface area contributed by atoms with Crippen molar-refractivity contribution >= 4 is 35.1 Å². The highest BCUT2D eigenvalue weighted by atomic mass is 32.1. The van der Waals surface area contributed by atoms with Gasteiger partial charge < -0.3 is 34.4 Å². The number of anilines is 1. The molecule has 0 saturated carbocycles. The summed E-state index contributed by atoms with van der Waals surface area (Å²) in [4.78, 5) is 50.4. The zero-order valence-corrected chi connectivity index (χ0v) is 28.2. The lowest BCUT2D eigenvalue weighted by atomic mass is 9.91. The van der Waals surface area contributed by atoms with Crippen LogP contribution in [-0.2, 0) is 20.9 Å². The van der Waals surface area contributed by atoms with Crippen LogP contribution in [0, 0.1) is 12.8 Å². The Labute approximate surface area is 273 Å². The van der Waals surface area contributed by atoms with Crippen LogP contribution in [0.4, 0.5) is 10.6 Å². The molecule has 2 aliphatic heterocycles. The molecule has 3 amide bonds. The Bertz CT molecular complexity index is 1520. The van der Waals surface area contributed by atoms with Gasteiger partial charge in [0.05, 0.1) is 22.2 Å². The SMILES string of the molecule is Cc1ncsc1-c1ccc(CNC(=O)[C@@H]2C[C@@H](O)CN2C(=O)[C@H](c2cc(N3CCN(C(=O)OC(C)(C)C)CC3)no2)C(C)C)cc1. The topological polar surface area (TPSA) is 141 Å². The average Bonchev–Trinajstić information content (AvgIpc) is 3.75. The number of aromatic nitrogens is 2. The molecular formula is C33H44N6O6S. The molecule has 3 atom stereocenters. The predicted octanol–water partition coefficient (Wildman–Crippen LogP) is 4.18. The summed E-state index contributed by atoms with van der Waals surface area (Å²) < 4.78 is 11.2. The van der Waals surface area contributed by atoms with Crippen LogP contribution in [0.3, 0.4) is 0 Å². The van der Waals surface area contributed by atoms with E-state index in [1.807, 2.05) is 76.2 Å². The molecule has 5 rings (SSSR count). The minimum Gasteiger partial charge on any atom is -0.444 e. The van der Waals surface area contributed by atoms with E-state index < -0.39 is 23.7 Å². The first-order valence-electron chi connectivity index (χ1n) is 15.8. The summed E-state index contributed by atoms with van der Waals surface area (Å²) in [6.45, 7) is 13.7. The van der Waals surface area contributed by atoms with E-state index in [9.17, 15) is 19.5 Å². The van der Waals surface area contributed by atoms with Crippen LogP contribution in [0.25, 0.3) is 10.4 Å². The van der Waals surface area contributed by atoms with E-state index in [2.05, 4.69) is 15.5 Å². The van der Waals surface area contributed by atoms with Crippen molar-refractivity contribution < 1.29 is 28.8 Å². The number of carbonyl (C=O) groups excluding carboxylic acids is 3. The molecule has 2 N–H and O–H groups in total. The number of piperazine rings is 1. The number of hydrogen-bond acceptors (Lipinski definition) is 10. The molecule has 4 heterocycles. The number of aryl methyl sites for hydroxylation is 1. The molecule has 0 bridgehead atoms. The first-order valence-corrected chi connectivity index (χ1v) is 16.6. The van der Waals surface area contributed by atoms with Crippen LogP contribution >= 0.6 is 11.3 Å². The quantitative estimate of drug-likeness (QED) is 0.367. The van der Waals surface area contributed by atoms with Gasteiger partial charge >= 0.3 is 6.09 Å². The van der Waals surface area contributed by atoms with Crippen LogP contribution in [-0.4, -0.2) is 93.4 Å². The van der Waals surface area contributed by atoms with Crippen molar-refractivity contribution in [3.05, 3.63) is 52.9 Å². The lowest BCUT2D eigenvalue weighted by Gasteiger charge is -2.35. The van der Waals surface area contributed by atoms with E-state index in [0.29, 0.717) is 44.3 Å². The monoisotopic (exact) mass is 652 g/mol. The van der Waals surface area contributed by atoms with Crippen LogP contribution in [0.5, 0.6) is 0 Å². The molecule has 2 aromatic heterocycles. The Hall–Kier alpha value is -3.97. The number of nitrogens with one attached hydrogen (secondary N) is 1. The van der Waals surface area contributed by atoms with Gasteiger partial charge in [-0.15, -0.1) is 11.3 Å². The number of thiazole rings is 1. The third-order valence-corrected chi connectivity index (χ3v) is 9.28. The van der Waals surface area contributed by atoms with Gasteiger partial charge in [-0.2, -0.15) is 0 Å². The van der Waals surface area contributed by atoms with Crippen molar-refractivity contribution in [1.29, 1.82) is 0 Å². The zero-order chi connectivity index (χ0) is 33.2. The Balaban J connectivity index is 1.21. The van der Waals surface area contributed by atoms with Crippen molar-refractivity contribution in [1.82, 2.24) is 25.3 Å². The molecule has 1 aromatic carbocycles. The van der Waals surface area contributed by atoms with Gasteiger partial charge in [0.25, 0.3) is 0 Å². The van der Waals surface area contributed by atoms with Crippen LogP contribution in [0.15, 0.2) is 40.4 Å². The number of rotatable bonds is 8. The molecule has 0 radical (unpaired) electrons. The van der Waals surface area contributed by atoms with Gasteiger partial charge in [-0.25, -0.2) is 9.78 Å². The molecular weight excluding hydrogens is 608 g/mol. The van der Waals surface area contributed by atoms with Gasteiger partial charge in [0.2, 0.25) is 11.8 Å². The molecule has 13 heteroatoms. The summed E-state index contributed by atoms with van der Waals surface area (Å²) in [5.74, 6) is -0.442. The van der Waals surface area contributed by atoms with E-state index in [4.69, 9.17) is 9.26 Å². The van der Waals surface area contributed by atoms with Crippen molar-refractivity contribution in [3.63, 3.8) is 0 Å². The first-order chi connectivity index (χ1) is 21.8. The fourth-order valence-corrected chi connectivity index (χ4v) is 6.71. The Morgan fingerprint density at radius 2 is 1.83 bits per heavy atom. The highest BCUT2D eigenvalue weighted by Gasteiger charge is 2.43. The van der Waals surface area contributed by atoms with Crippen molar-refractivity contribution in [2.45, 2.75) is 78.2 Å². The molecule has 0 unspecified atom stereocenters. The standard InChI is InChI=1S/C33H44N6O6S/c1-20(2)28(26-16-27(36-45-26)37-11-13-38(14-12-37)32(43)44-33(4,5)6)31(42)39-18-24(40)15-25(39)30(41)34-17-22-7-9-23(10-8-22)29-21(3)35-19-46-29/h7-10,16,19-20,24-25,28,40H,11-15,17-18H2,1-6H3,(H,34,41)/t24-,25+,28+/m1/s1. The second-order valence-electron chi connectivity index (χ2n) is 13.3. The van der Waals surface area contributed by atoms with Gasteiger partial charge in [0.15, 0.2) is 11.6 Å². The zero-order valence-electron chi connectivity index (χ0n) is 27.4. The summed E-state index contributed by atoms with van der Waals surface area (Å²) in [5.41, 5.74) is 4.24. The molecule has 248 valence electrons. The second kappa shape index (κ2) is 13.8. The number of β-amino-alcohol motifs (C(OH)–C–C–N with tert-alkyl or cyclic N) is 1. The fourth-order valence-electron chi connectivity index (χ4n) is 5.90. The van der Waals surface area contributed by atoms with Crippen LogP contribution in [0.1, 0.15) is 64.0 Å². The maximum absolute atomic E-state index is 14.0. The molecule has 46 heavy (non-hydrogen) atoms. The molecule has 0 spiro atoms. The number of ether oxygens (including phenoxy) is 1. The maximum Gasteiger partial charge on any atom is 0.410 e. The number of hydrogen-bond donors (Lipinski definition) is 2. The number of nitrogens with zero attached hydrogens (tertiary/aromatic N) is 5. The van der Waals surface area contributed by atoms with Gasteiger partial charge in [-0.3, -0.25) is 9.59 Å². The minimum atomic E-state index is -0.805. The normalized spacial score (nSPS) is 19.4. The van der Waals surface area contributed by atoms with Gasteiger partial charge in [0.1, 0.15) is 17.6 Å². The number of amides is 3. The Kier molecular flexibility index (Phi) is 10.0. The molecule has 2 aliphatic rings. The summed E-state index contributed by atoms with van der Waals surface area (Å²) in [5, 5.41) is 17.7. The number of aliphatic hydroxyl groups excluding tert-OH is 1. The molecule has 3 aromatic rings. The minimum absolute atomic E-state index is 0.0661. The summed E-state index contributed by atoms with van der Waals surface area (Å²) in [7, 11) is 0. The summed E-state index contributed by atoms with van der Waals surface area (Å²) in [6, 6.07) is 8.92. The highest BCUT2D eigenvalue weighted by molar-refractivity contribution is 7.13. The number of aliphatic hydroxyl groups is 1. The number of benzene rings is 1. The highest BCUT2D eigenvalue weighted by Crippen LogP contribution is 2.33. The first kappa shape index (κ1) is 33.4. The van der Waals surface area contributed by atoms with E-state index in [1.54, 1.807) is 22.3 Å². The average molecular weight is 653 g/mol. The summed E-state index contributed by atoms with van der Waals surface area (Å²) in [6.07, 6.45) is -0.985. The van der Waals surface area contributed by atoms with Crippen LogP contribution in [0.2, 0.25) is 0 Å². The lowest BCUT2D eigenvalue weighted by Crippen LogP contribution is -2.50.